The third kappa shape index (κ3) is 4.06. The molecule has 3 N–H and O–H groups in total. The maximum absolute atomic E-state index is 10.5. The summed E-state index contributed by atoms with van der Waals surface area (Å²) < 4.78 is 0. The number of hydrogen-bond acceptors (Lipinski definition) is 5. The molecule has 0 aliphatic carbocycles. The Morgan fingerprint density at radius 1 is 1.39 bits per heavy atom. The van der Waals surface area contributed by atoms with Crippen molar-refractivity contribution in [2.45, 2.75) is 25.5 Å². The predicted octanol–water partition coefficient (Wildman–Crippen LogP) is 0.989. The molecule has 0 saturated carbocycles. The highest BCUT2D eigenvalue weighted by molar-refractivity contribution is 5.33. The van der Waals surface area contributed by atoms with E-state index in [1.54, 1.807) is 0 Å². The molecular formula is C12H18N2O4. The Balaban J connectivity index is 2.56. The molecule has 2 atom stereocenters. The normalized spacial score (nSPS) is 14.2. The standard InChI is InChI=1S/C12H18N2O4/c1-2-10(8-15)13-7-12(16)9-3-5-11(6-4-9)14(17)18/h3-6,10,12-13,15-16H,2,7-8H2,1H3. The van der Waals surface area contributed by atoms with Crippen molar-refractivity contribution in [1.29, 1.82) is 0 Å². The summed E-state index contributed by atoms with van der Waals surface area (Å²) in [5, 5.41) is 32.4. The van der Waals surface area contributed by atoms with Gasteiger partial charge in [-0.1, -0.05) is 6.92 Å². The summed E-state index contributed by atoms with van der Waals surface area (Å²) >= 11 is 0. The number of hydrogen-bond donors (Lipinski definition) is 3. The first-order valence-corrected chi connectivity index (χ1v) is 5.85. The van der Waals surface area contributed by atoms with Crippen molar-refractivity contribution >= 4 is 5.69 Å². The average molecular weight is 254 g/mol. The molecule has 2 unspecified atom stereocenters. The van der Waals surface area contributed by atoms with Crippen molar-refractivity contribution < 1.29 is 15.1 Å². The summed E-state index contributed by atoms with van der Waals surface area (Å²) in [4.78, 5) is 10.00. The minimum atomic E-state index is -0.744. The van der Waals surface area contributed by atoms with Gasteiger partial charge in [0.1, 0.15) is 0 Å². The van der Waals surface area contributed by atoms with Crippen LogP contribution in [-0.2, 0) is 0 Å². The Labute approximate surface area is 105 Å². The first-order valence-electron chi connectivity index (χ1n) is 5.85. The lowest BCUT2D eigenvalue weighted by atomic mass is 10.1. The Morgan fingerprint density at radius 2 is 2.00 bits per heavy atom. The molecule has 0 aliphatic heterocycles. The van der Waals surface area contributed by atoms with E-state index in [2.05, 4.69) is 5.32 Å². The van der Waals surface area contributed by atoms with Gasteiger partial charge in [0.05, 0.1) is 17.6 Å². The molecule has 0 aliphatic rings. The van der Waals surface area contributed by atoms with Crippen LogP contribution in [0.1, 0.15) is 25.0 Å². The Hall–Kier alpha value is -1.50. The fourth-order valence-electron chi connectivity index (χ4n) is 1.55. The second-order valence-electron chi connectivity index (χ2n) is 4.06. The van der Waals surface area contributed by atoms with Crippen LogP contribution < -0.4 is 5.32 Å². The number of rotatable bonds is 7. The van der Waals surface area contributed by atoms with Crippen molar-refractivity contribution in [3.63, 3.8) is 0 Å². The van der Waals surface area contributed by atoms with Crippen molar-refractivity contribution in [3.8, 4) is 0 Å². The van der Waals surface area contributed by atoms with Crippen molar-refractivity contribution in [3.05, 3.63) is 39.9 Å². The number of nitrogens with one attached hydrogen (secondary N) is 1. The predicted molar refractivity (Wildman–Crippen MR) is 67.2 cm³/mol. The fraction of sp³-hybridized carbons (Fsp3) is 0.500. The molecule has 1 aromatic rings. The van der Waals surface area contributed by atoms with Gasteiger partial charge in [-0.3, -0.25) is 10.1 Å². The summed E-state index contributed by atoms with van der Waals surface area (Å²) in [6.07, 6.45) is 0.0233. The quantitative estimate of drug-likeness (QED) is 0.498. The van der Waals surface area contributed by atoms with E-state index >= 15 is 0 Å². The van der Waals surface area contributed by atoms with Crippen molar-refractivity contribution in [2.75, 3.05) is 13.2 Å². The van der Waals surface area contributed by atoms with Crippen LogP contribution in [0.25, 0.3) is 0 Å². The van der Waals surface area contributed by atoms with Crippen LogP contribution in [-0.4, -0.2) is 34.3 Å². The number of nitro benzene ring substituents is 1. The van der Waals surface area contributed by atoms with Crippen LogP contribution in [0.5, 0.6) is 0 Å². The van der Waals surface area contributed by atoms with Gasteiger partial charge in [0, 0.05) is 24.7 Å². The zero-order valence-electron chi connectivity index (χ0n) is 10.2. The monoisotopic (exact) mass is 254 g/mol. The molecule has 0 heterocycles. The molecule has 0 bridgehead atoms. The van der Waals surface area contributed by atoms with Gasteiger partial charge in [-0.15, -0.1) is 0 Å². The summed E-state index contributed by atoms with van der Waals surface area (Å²) in [6.45, 7) is 2.26. The smallest absolute Gasteiger partial charge is 0.269 e. The largest absolute Gasteiger partial charge is 0.395 e. The number of benzene rings is 1. The summed E-state index contributed by atoms with van der Waals surface area (Å²) in [5.74, 6) is 0. The van der Waals surface area contributed by atoms with Crippen LogP contribution >= 0.6 is 0 Å². The second kappa shape index (κ2) is 7.05. The molecule has 0 fully saturated rings. The van der Waals surface area contributed by atoms with Gasteiger partial charge < -0.3 is 15.5 Å². The van der Waals surface area contributed by atoms with E-state index in [1.165, 1.54) is 24.3 Å². The third-order valence-corrected chi connectivity index (χ3v) is 2.80. The Bertz CT molecular complexity index is 376. The summed E-state index contributed by atoms with van der Waals surface area (Å²) in [7, 11) is 0. The van der Waals surface area contributed by atoms with Gasteiger partial charge in [0.25, 0.3) is 5.69 Å². The molecule has 18 heavy (non-hydrogen) atoms. The second-order valence-corrected chi connectivity index (χ2v) is 4.06. The molecule has 1 rings (SSSR count). The Morgan fingerprint density at radius 3 is 2.44 bits per heavy atom. The first kappa shape index (κ1) is 14.6. The number of aliphatic hydroxyl groups excluding tert-OH is 2. The fourth-order valence-corrected chi connectivity index (χ4v) is 1.55. The molecule has 0 spiro atoms. The Kier molecular flexibility index (Phi) is 5.70. The lowest BCUT2D eigenvalue weighted by Crippen LogP contribution is -2.34. The molecule has 100 valence electrons. The topological polar surface area (TPSA) is 95.6 Å². The lowest BCUT2D eigenvalue weighted by molar-refractivity contribution is -0.384. The molecule has 1 aromatic carbocycles. The molecular weight excluding hydrogens is 236 g/mol. The van der Waals surface area contributed by atoms with Crippen molar-refractivity contribution in [1.82, 2.24) is 5.32 Å². The SMILES string of the molecule is CCC(CO)NCC(O)c1ccc([N+](=O)[O-])cc1. The van der Waals surface area contributed by atoms with E-state index in [1.807, 2.05) is 6.92 Å². The third-order valence-electron chi connectivity index (χ3n) is 2.80. The van der Waals surface area contributed by atoms with Crippen LogP contribution in [0.3, 0.4) is 0 Å². The summed E-state index contributed by atoms with van der Waals surface area (Å²) in [5.41, 5.74) is 0.613. The lowest BCUT2D eigenvalue weighted by Gasteiger charge is -2.17. The zero-order chi connectivity index (χ0) is 13.5. The minimum Gasteiger partial charge on any atom is -0.395 e. The van der Waals surface area contributed by atoms with Gasteiger partial charge in [-0.2, -0.15) is 0 Å². The van der Waals surface area contributed by atoms with E-state index in [9.17, 15) is 15.2 Å². The highest BCUT2D eigenvalue weighted by Crippen LogP contribution is 2.17. The molecule has 0 saturated heterocycles. The van der Waals surface area contributed by atoms with Gasteiger partial charge in [-0.25, -0.2) is 0 Å². The van der Waals surface area contributed by atoms with Gasteiger partial charge in [0.2, 0.25) is 0 Å². The number of non-ortho nitro benzene ring substituents is 1. The average Bonchev–Trinajstić information content (AvgIpc) is 2.39. The molecule has 6 nitrogen and oxygen atoms in total. The molecule has 0 aromatic heterocycles. The van der Waals surface area contributed by atoms with Gasteiger partial charge in [-0.05, 0) is 24.1 Å². The maximum atomic E-state index is 10.5. The van der Waals surface area contributed by atoms with E-state index in [-0.39, 0.29) is 18.3 Å². The highest BCUT2D eigenvalue weighted by atomic mass is 16.6. The van der Waals surface area contributed by atoms with Crippen LogP contribution in [0, 0.1) is 10.1 Å². The minimum absolute atomic E-state index is 0.000650. The number of nitro groups is 1. The van der Waals surface area contributed by atoms with Gasteiger partial charge >= 0.3 is 0 Å². The van der Waals surface area contributed by atoms with Crippen LogP contribution in [0.4, 0.5) is 5.69 Å². The summed E-state index contributed by atoms with van der Waals surface area (Å²) in [6, 6.07) is 5.75. The van der Waals surface area contributed by atoms with E-state index in [0.717, 1.165) is 6.42 Å². The van der Waals surface area contributed by atoms with Crippen LogP contribution in [0.15, 0.2) is 24.3 Å². The molecule has 0 radical (unpaired) electrons. The zero-order valence-corrected chi connectivity index (χ0v) is 10.2. The molecule has 6 heteroatoms. The van der Waals surface area contributed by atoms with E-state index in [0.29, 0.717) is 12.1 Å². The first-order chi connectivity index (χ1) is 8.58. The van der Waals surface area contributed by atoms with E-state index in [4.69, 9.17) is 5.11 Å². The number of nitrogens with zero attached hydrogens (tertiary/aromatic N) is 1. The molecule has 0 amide bonds. The van der Waals surface area contributed by atoms with Crippen molar-refractivity contribution in [2.24, 2.45) is 0 Å². The van der Waals surface area contributed by atoms with E-state index < -0.39 is 11.0 Å². The number of aliphatic hydroxyl groups is 2. The highest BCUT2D eigenvalue weighted by Gasteiger charge is 2.12. The maximum Gasteiger partial charge on any atom is 0.269 e. The van der Waals surface area contributed by atoms with Gasteiger partial charge in [0.15, 0.2) is 0 Å². The van der Waals surface area contributed by atoms with Crippen LogP contribution in [0.2, 0.25) is 0 Å².